The Morgan fingerprint density at radius 3 is 2.53 bits per heavy atom. The molecule has 1 aliphatic carbocycles. The molecule has 1 N–H and O–H groups in total. The smallest absolute Gasteiger partial charge is 0.0535 e. The maximum atomic E-state index is 3.62. The molecule has 0 fully saturated rings. The molecular formula is C16H23N. The lowest BCUT2D eigenvalue weighted by Gasteiger charge is -2.24. The Labute approximate surface area is 105 Å². The van der Waals surface area contributed by atoms with Crippen LogP contribution in [0.1, 0.15) is 49.8 Å². The van der Waals surface area contributed by atoms with Crippen LogP contribution in [0, 0.1) is 6.92 Å². The van der Waals surface area contributed by atoms with Crippen LogP contribution in [0.4, 0.5) is 0 Å². The highest BCUT2D eigenvalue weighted by Gasteiger charge is 2.16. The Morgan fingerprint density at radius 2 is 1.94 bits per heavy atom. The number of benzene rings is 1. The van der Waals surface area contributed by atoms with Crippen LogP contribution in [0.5, 0.6) is 0 Å². The summed E-state index contributed by atoms with van der Waals surface area (Å²) >= 11 is 0. The zero-order valence-electron chi connectivity index (χ0n) is 11.0. The third kappa shape index (κ3) is 3.19. The molecule has 92 valence electrons. The first kappa shape index (κ1) is 12.4. The third-order valence-electron chi connectivity index (χ3n) is 3.52. The van der Waals surface area contributed by atoms with Gasteiger partial charge < -0.3 is 5.32 Å². The molecule has 0 radical (unpaired) electrons. The first-order chi connectivity index (χ1) is 8.31. The highest BCUT2D eigenvalue weighted by atomic mass is 14.9. The summed E-state index contributed by atoms with van der Waals surface area (Å²) in [5.74, 6) is 0. The van der Waals surface area contributed by atoms with Crippen LogP contribution in [0.15, 0.2) is 35.9 Å². The van der Waals surface area contributed by atoms with Crippen molar-refractivity contribution in [3.8, 4) is 0 Å². The summed E-state index contributed by atoms with van der Waals surface area (Å²) in [6, 6.07) is 9.38. The first-order valence-corrected chi connectivity index (χ1v) is 6.80. The molecule has 1 heteroatoms. The summed E-state index contributed by atoms with van der Waals surface area (Å²) in [6.07, 6.45) is 7.65. The standard InChI is InChI=1S/C16H23N/c1-3-17-16(14-7-5-4-6-8-14)15-11-9-13(2)10-12-15/h7,9-12,16-17H,3-6,8H2,1-2H3. The van der Waals surface area contributed by atoms with Gasteiger partial charge in [0, 0.05) is 0 Å². The van der Waals surface area contributed by atoms with E-state index in [-0.39, 0.29) is 0 Å². The minimum absolute atomic E-state index is 0.431. The lowest BCUT2D eigenvalue weighted by molar-refractivity contribution is 0.564. The number of likely N-dealkylation sites (N-methyl/N-ethyl adjacent to an activating group) is 1. The van der Waals surface area contributed by atoms with E-state index in [1.807, 2.05) is 0 Å². The Bertz CT molecular complexity index is 375. The molecule has 17 heavy (non-hydrogen) atoms. The van der Waals surface area contributed by atoms with Gasteiger partial charge in [0.1, 0.15) is 0 Å². The fourth-order valence-electron chi connectivity index (χ4n) is 2.55. The summed E-state index contributed by atoms with van der Waals surface area (Å²) in [5, 5.41) is 3.62. The molecule has 1 aliphatic rings. The van der Waals surface area contributed by atoms with Crippen molar-refractivity contribution in [2.24, 2.45) is 0 Å². The summed E-state index contributed by atoms with van der Waals surface area (Å²) in [6.45, 7) is 5.35. The highest BCUT2D eigenvalue weighted by Crippen LogP contribution is 2.29. The molecule has 0 saturated heterocycles. The van der Waals surface area contributed by atoms with Gasteiger partial charge in [0.2, 0.25) is 0 Å². The molecule has 0 bridgehead atoms. The van der Waals surface area contributed by atoms with Gasteiger partial charge in [-0.2, -0.15) is 0 Å². The SMILES string of the molecule is CCNC(C1=CCCCC1)c1ccc(C)cc1. The number of nitrogens with one attached hydrogen (secondary N) is 1. The Kier molecular flexibility index (Phi) is 4.38. The van der Waals surface area contributed by atoms with E-state index in [2.05, 4.69) is 49.5 Å². The predicted octanol–water partition coefficient (Wildman–Crippen LogP) is 4.15. The van der Waals surface area contributed by atoms with Crippen molar-refractivity contribution in [3.63, 3.8) is 0 Å². The maximum Gasteiger partial charge on any atom is 0.0535 e. The van der Waals surface area contributed by atoms with Crippen LogP contribution in [0.25, 0.3) is 0 Å². The maximum absolute atomic E-state index is 3.62. The van der Waals surface area contributed by atoms with Gasteiger partial charge in [-0.3, -0.25) is 0 Å². The summed E-state index contributed by atoms with van der Waals surface area (Å²) in [5.41, 5.74) is 4.33. The fraction of sp³-hybridized carbons (Fsp3) is 0.500. The van der Waals surface area contributed by atoms with E-state index in [1.165, 1.54) is 36.8 Å². The zero-order valence-corrected chi connectivity index (χ0v) is 11.0. The van der Waals surface area contributed by atoms with Gasteiger partial charge in [0.25, 0.3) is 0 Å². The van der Waals surface area contributed by atoms with Crippen LogP contribution < -0.4 is 5.32 Å². The number of hydrogen-bond donors (Lipinski definition) is 1. The van der Waals surface area contributed by atoms with E-state index in [4.69, 9.17) is 0 Å². The van der Waals surface area contributed by atoms with Crippen LogP contribution in [-0.4, -0.2) is 6.54 Å². The predicted molar refractivity (Wildman–Crippen MR) is 74.1 cm³/mol. The second-order valence-electron chi connectivity index (χ2n) is 4.93. The van der Waals surface area contributed by atoms with Crippen LogP contribution in [0.3, 0.4) is 0 Å². The minimum atomic E-state index is 0.431. The van der Waals surface area contributed by atoms with Crippen molar-refractivity contribution >= 4 is 0 Å². The second kappa shape index (κ2) is 6.02. The molecule has 0 saturated carbocycles. The third-order valence-corrected chi connectivity index (χ3v) is 3.52. The number of aryl methyl sites for hydroxylation is 1. The molecule has 1 atom stereocenters. The van der Waals surface area contributed by atoms with Crippen LogP contribution in [-0.2, 0) is 0 Å². The largest absolute Gasteiger partial charge is 0.307 e. The van der Waals surface area contributed by atoms with Gasteiger partial charge in [0.15, 0.2) is 0 Å². The Balaban J connectivity index is 2.21. The molecule has 2 rings (SSSR count). The molecule has 0 spiro atoms. The monoisotopic (exact) mass is 229 g/mol. The van der Waals surface area contributed by atoms with Gasteiger partial charge in [-0.1, -0.05) is 48.4 Å². The van der Waals surface area contributed by atoms with E-state index in [0.717, 1.165) is 6.54 Å². The normalized spacial score (nSPS) is 17.6. The molecule has 1 aromatic rings. The van der Waals surface area contributed by atoms with Gasteiger partial charge in [-0.15, -0.1) is 0 Å². The fourth-order valence-corrected chi connectivity index (χ4v) is 2.55. The quantitative estimate of drug-likeness (QED) is 0.765. The molecule has 0 amide bonds. The van der Waals surface area contributed by atoms with Crippen LogP contribution >= 0.6 is 0 Å². The van der Waals surface area contributed by atoms with Crippen LogP contribution in [0.2, 0.25) is 0 Å². The van der Waals surface area contributed by atoms with Gasteiger partial charge >= 0.3 is 0 Å². The Morgan fingerprint density at radius 1 is 1.18 bits per heavy atom. The second-order valence-corrected chi connectivity index (χ2v) is 4.93. The molecule has 1 unspecified atom stereocenters. The Hall–Kier alpha value is -1.08. The number of rotatable bonds is 4. The molecule has 0 aromatic heterocycles. The van der Waals surface area contributed by atoms with Crippen molar-refractivity contribution in [1.29, 1.82) is 0 Å². The van der Waals surface area contributed by atoms with Crippen molar-refractivity contribution in [2.75, 3.05) is 6.54 Å². The average Bonchev–Trinajstić information content (AvgIpc) is 2.38. The summed E-state index contributed by atoms with van der Waals surface area (Å²) < 4.78 is 0. The molecule has 0 heterocycles. The van der Waals surface area contributed by atoms with E-state index in [9.17, 15) is 0 Å². The van der Waals surface area contributed by atoms with Gasteiger partial charge in [0.05, 0.1) is 6.04 Å². The first-order valence-electron chi connectivity index (χ1n) is 6.80. The van der Waals surface area contributed by atoms with Gasteiger partial charge in [-0.05, 0) is 44.7 Å². The minimum Gasteiger partial charge on any atom is -0.307 e. The van der Waals surface area contributed by atoms with Crippen molar-refractivity contribution < 1.29 is 0 Å². The lowest BCUT2D eigenvalue weighted by atomic mass is 9.89. The molecule has 0 aliphatic heterocycles. The molecule has 1 nitrogen and oxygen atoms in total. The summed E-state index contributed by atoms with van der Waals surface area (Å²) in [7, 11) is 0. The van der Waals surface area contributed by atoms with E-state index in [0.29, 0.717) is 6.04 Å². The van der Waals surface area contributed by atoms with E-state index >= 15 is 0 Å². The number of hydrogen-bond acceptors (Lipinski definition) is 1. The van der Waals surface area contributed by atoms with Crippen molar-refractivity contribution in [1.82, 2.24) is 5.32 Å². The zero-order chi connectivity index (χ0) is 12.1. The molecular weight excluding hydrogens is 206 g/mol. The van der Waals surface area contributed by atoms with E-state index < -0.39 is 0 Å². The average molecular weight is 229 g/mol. The van der Waals surface area contributed by atoms with E-state index in [1.54, 1.807) is 5.57 Å². The van der Waals surface area contributed by atoms with Crippen molar-refractivity contribution in [2.45, 2.75) is 45.6 Å². The van der Waals surface area contributed by atoms with Crippen molar-refractivity contribution in [3.05, 3.63) is 47.0 Å². The topological polar surface area (TPSA) is 12.0 Å². The summed E-state index contributed by atoms with van der Waals surface area (Å²) in [4.78, 5) is 0. The highest BCUT2D eigenvalue weighted by molar-refractivity contribution is 5.31. The lowest BCUT2D eigenvalue weighted by Crippen LogP contribution is -2.23. The van der Waals surface area contributed by atoms with Gasteiger partial charge in [-0.25, -0.2) is 0 Å². The molecule has 1 aromatic carbocycles. The number of allylic oxidation sites excluding steroid dienone is 1.